The first-order valence-electron chi connectivity index (χ1n) is 10.4. The van der Waals surface area contributed by atoms with E-state index in [0.717, 1.165) is 42.6 Å². The molecule has 1 aromatic carbocycles. The summed E-state index contributed by atoms with van der Waals surface area (Å²) in [6, 6.07) is 9.56. The molecule has 1 saturated carbocycles. The normalized spacial score (nSPS) is 14.4. The number of nitrogens with zero attached hydrogens (tertiary/aromatic N) is 2. The highest BCUT2D eigenvalue weighted by atomic mass is 16.3. The van der Waals surface area contributed by atoms with Crippen LogP contribution < -0.4 is 10.2 Å². The summed E-state index contributed by atoms with van der Waals surface area (Å²) in [6.07, 6.45) is 7.49. The topological polar surface area (TPSA) is 65.8 Å². The molecule has 1 N–H and O–H groups in total. The Balaban J connectivity index is 1.93. The molecule has 0 bridgehead atoms. The fraction of sp³-hybridized carbons (Fsp3) is 0.478. The highest BCUT2D eigenvalue weighted by molar-refractivity contribution is 5.92. The molecule has 156 valence electrons. The molecule has 1 aliphatic rings. The third kappa shape index (κ3) is 5.19. The zero-order chi connectivity index (χ0) is 20.8. The zero-order valence-electron chi connectivity index (χ0n) is 17.6. The second-order valence-electron chi connectivity index (χ2n) is 7.84. The molecule has 1 fully saturated rings. The van der Waals surface area contributed by atoms with Gasteiger partial charge in [0.05, 0.1) is 6.26 Å². The van der Waals surface area contributed by atoms with E-state index in [4.69, 9.17) is 4.42 Å². The SMILES string of the molecule is CCC(=O)Nc1ccc(N(C)C)c(CN(C(=O)c2ccco2)C2CCCCC2)c1. The number of rotatable bonds is 7. The van der Waals surface area contributed by atoms with E-state index in [2.05, 4.69) is 5.32 Å². The van der Waals surface area contributed by atoms with Gasteiger partial charge in [0.15, 0.2) is 5.76 Å². The number of hydrogen-bond acceptors (Lipinski definition) is 4. The Hall–Kier alpha value is -2.76. The Morgan fingerprint density at radius 2 is 1.90 bits per heavy atom. The summed E-state index contributed by atoms with van der Waals surface area (Å²) in [5.41, 5.74) is 2.80. The molecule has 6 heteroatoms. The second kappa shape index (κ2) is 9.63. The smallest absolute Gasteiger partial charge is 0.290 e. The summed E-state index contributed by atoms with van der Waals surface area (Å²) in [5, 5.41) is 2.93. The zero-order valence-corrected chi connectivity index (χ0v) is 17.6. The average molecular weight is 398 g/mol. The molecule has 2 aromatic rings. The van der Waals surface area contributed by atoms with Crippen molar-refractivity contribution in [2.24, 2.45) is 0 Å². The first-order valence-corrected chi connectivity index (χ1v) is 10.4. The van der Waals surface area contributed by atoms with Gasteiger partial charge in [-0.25, -0.2) is 0 Å². The summed E-state index contributed by atoms with van der Waals surface area (Å²) in [4.78, 5) is 29.1. The molecule has 0 aliphatic heterocycles. The molecule has 2 amide bonds. The molecule has 0 saturated heterocycles. The van der Waals surface area contributed by atoms with Crippen molar-refractivity contribution < 1.29 is 14.0 Å². The molecule has 0 radical (unpaired) electrons. The largest absolute Gasteiger partial charge is 0.459 e. The second-order valence-corrected chi connectivity index (χ2v) is 7.84. The molecular weight excluding hydrogens is 366 g/mol. The summed E-state index contributed by atoms with van der Waals surface area (Å²) in [7, 11) is 3.98. The van der Waals surface area contributed by atoms with Gasteiger partial charge in [0.1, 0.15) is 0 Å². The number of furan rings is 1. The van der Waals surface area contributed by atoms with E-state index in [1.54, 1.807) is 18.4 Å². The van der Waals surface area contributed by atoms with Gasteiger partial charge in [-0.3, -0.25) is 9.59 Å². The minimum absolute atomic E-state index is 0.0237. The van der Waals surface area contributed by atoms with Crippen LogP contribution in [0.5, 0.6) is 0 Å². The van der Waals surface area contributed by atoms with Crippen LogP contribution in [0.4, 0.5) is 11.4 Å². The number of anilines is 2. The van der Waals surface area contributed by atoms with Gasteiger partial charge in [0.25, 0.3) is 5.91 Å². The molecule has 6 nitrogen and oxygen atoms in total. The Bertz CT molecular complexity index is 824. The Morgan fingerprint density at radius 3 is 2.52 bits per heavy atom. The third-order valence-electron chi connectivity index (χ3n) is 5.52. The van der Waals surface area contributed by atoms with Crippen LogP contribution in [0.2, 0.25) is 0 Å². The predicted molar refractivity (Wildman–Crippen MR) is 115 cm³/mol. The Kier molecular flexibility index (Phi) is 6.96. The van der Waals surface area contributed by atoms with Crippen molar-refractivity contribution in [2.75, 3.05) is 24.3 Å². The molecule has 0 unspecified atom stereocenters. The average Bonchev–Trinajstić information content (AvgIpc) is 3.27. The summed E-state index contributed by atoms with van der Waals surface area (Å²) < 4.78 is 5.41. The van der Waals surface area contributed by atoms with Crippen LogP contribution in [-0.2, 0) is 11.3 Å². The van der Waals surface area contributed by atoms with Gasteiger partial charge in [-0.05, 0) is 48.7 Å². The van der Waals surface area contributed by atoms with Crippen molar-refractivity contribution in [1.29, 1.82) is 0 Å². The lowest BCUT2D eigenvalue weighted by Gasteiger charge is -2.35. The summed E-state index contributed by atoms with van der Waals surface area (Å²) >= 11 is 0. The van der Waals surface area contributed by atoms with Gasteiger partial charge in [0.2, 0.25) is 5.91 Å². The van der Waals surface area contributed by atoms with Crippen LogP contribution in [0.25, 0.3) is 0 Å². The lowest BCUT2D eigenvalue weighted by atomic mass is 9.93. The highest BCUT2D eigenvalue weighted by Gasteiger charge is 2.28. The first-order chi connectivity index (χ1) is 14.0. The molecule has 1 aliphatic carbocycles. The lowest BCUT2D eigenvalue weighted by Crippen LogP contribution is -2.41. The van der Waals surface area contributed by atoms with Gasteiger partial charge in [-0.15, -0.1) is 0 Å². The van der Waals surface area contributed by atoms with E-state index in [1.807, 2.05) is 49.0 Å². The van der Waals surface area contributed by atoms with Gasteiger partial charge in [-0.2, -0.15) is 0 Å². The minimum Gasteiger partial charge on any atom is -0.459 e. The molecule has 0 atom stereocenters. The van der Waals surface area contributed by atoms with Crippen molar-refractivity contribution in [3.8, 4) is 0 Å². The number of carbonyl (C=O) groups excluding carboxylic acids is 2. The Morgan fingerprint density at radius 1 is 1.14 bits per heavy atom. The van der Waals surface area contributed by atoms with Crippen LogP contribution in [0, 0.1) is 0 Å². The van der Waals surface area contributed by atoms with E-state index in [-0.39, 0.29) is 17.9 Å². The van der Waals surface area contributed by atoms with Crippen molar-refractivity contribution in [1.82, 2.24) is 4.90 Å². The molecule has 3 rings (SSSR count). The van der Waals surface area contributed by atoms with Crippen LogP contribution in [0.3, 0.4) is 0 Å². The first kappa shape index (κ1) is 21.0. The maximum atomic E-state index is 13.2. The lowest BCUT2D eigenvalue weighted by molar-refractivity contribution is -0.115. The van der Waals surface area contributed by atoms with Crippen LogP contribution >= 0.6 is 0 Å². The maximum absolute atomic E-state index is 13.2. The minimum atomic E-state index is -0.0744. The summed E-state index contributed by atoms with van der Waals surface area (Å²) in [6.45, 7) is 2.31. The van der Waals surface area contributed by atoms with Gasteiger partial charge < -0.3 is 19.5 Å². The molecule has 29 heavy (non-hydrogen) atoms. The number of nitrogens with one attached hydrogen (secondary N) is 1. The van der Waals surface area contributed by atoms with E-state index >= 15 is 0 Å². The van der Waals surface area contributed by atoms with Gasteiger partial charge in [-0.1, -0.05) is 26.2 Å². The molecular formula is C23H31N3O3. The molecule has 0 spiro atoms. The number of hydrogen-bond donors (Lipinski definition) is 1. The number of benzene rings is 1. The third-order valence-corrected chi connectivity index (χ3v) is 5.52. The van der Waals surface area contributed by atoms with Crippen molar-refractivity contribution in [3.05, 3.63) is 47.9 Å². The molecule has 1 heterocycles. The van der Waals surface area contributed by atoms with Crippen molar-refractivity contribution in [3.63, 3.8) is 0 Å². The quantitative estimate of drug-likeness (QED) is 0.737. The Labute approximate surface area is 172 Å². The van der Waals surface area contributed by atoms with Crippen LogP contribution in [-0.4, -0.2) is 36.9 Å². The van der Waals surface area contributed by atoms with Crippen molar-refractivity contribution in [2.45, 2.75) is 58.0 Å². The van der Waals surface area contributed by atoms with E-state index in [1.165, 1.54) is 6.42 Å². The van der Waals surface area contributed by atoms with Gasteiger partial charge in [0, 0.05) is 44.5 Å². The van der Waals surface area contributed by atoms with E-state index in [0.29, 0.717) is 18.7 Å². The highest BCUT2D eigenvalue weighted by Crippen LogP contribution is 2.30. The fourth-order valence-electron chi connectivity index (χ4n) is 3.96. The maximum Gasteiger partial charge on any atom is 0.290 e. The molecule has 1 aromatic heterocycles. The van der Waals surface area contributed by atoms with E-state index < -0.39 is 0 Å². The van der Waals surface area contributed by atoms with Crippen LogP contribution in [0.1, 0.15) is 61.6 Å². The van der Waals surface area contributed by atoms with Crippen LogP contribution in [0.15, 0.2) is 41.0 Å². The van der Waals surface area contributed by atoms with E-state index in [9.17, 15) is 9.59 Å². The monoisotopic (exact) mass is 397 g/mol. The predicted octanol–water partition coefficient (Wildman–Crippen LogP) is 4.67. The summed E-state index contributed by atoms with van der Waals surface area (Å²) in [5.74, 6) is 0.274. The van der Waals surface area contributed by atoms with Crippen molar-refractivity contribution >= 4 is 23.2 Å². The fourth-order valence-corrected chi connectivity index (χ4v) is 3.96. The number of amides is 2. The standard InChI is InChI=1S/C23H31N3O3/c1-4-22(27)24-18-12-13-20(25(2)3)17(15-18)16-26(19-9-6-5-7-10-19)23(28)21-11-8-14-29-21/h8,11-15,19H,4-7,9-10,16H2,1-3H3,(H,24,27). The number of carbonyl (C=O) groups is 2. The van der Waals surface area contributed by atoms with Gasteiger partial charge >= 0.3 is 0 Å².